The van der Waals surface area contributed by atoms with E-state index in [1.54, 1.807) is 0 Å². The second-order valence-corrected chi connectivity index (χ2v) is 17.1. The number of rotatable bonds is 6. The molecule has 63 heavy (non-hydrogen) atoms. The Morgan fingerprint density at radius 2 is 1.00 bits per heavy atom. The SMILES string of the molecule is CCc1ccc2cccc3c2c1C1(c2ccccc2-c2ccc(N(c4ccc(-c5ccccc5)cc4)c4ccc5c(c4)c4ccccc4n5-c4ccccc4)cc21)c1ccccc1-3. The normalized spacial score (nSPS) is 14.6. The molecule has 2 heteroatoms. The lowest BCUT2D eigenvalue weighted by Crippen LogP contribution is -2.33. The Hall–Kier alpha value is -7.94. The molecular weight excluding hydrogens is 761 g/mol. The second kappa shape index (κ2) is 13.8. The van der Waals surface area contributed by atoms with E-state index < -0.39 is 5.41 Å². The molecule has 0 bridgehead atoms. The average molecular weight is 803 g/mol. The van der Waals surface area contributed by atoms with E-state index in [1.165, 1.54) is 93.8 Å². The number of hydrogen-bond donors (Lipinski definition) is 0. The minimum Gasteiger partial charge on any atom is -0.310 e. The molecule has 2 nitrogen and oxygen atoms in total. The number of fused-ring (bicyclic) bond motifs is 12. The van der Waals surface area contributed by atoms with Crippen LogP contribution in [0.15, 0.2) is 224 Å². The van der Waals surface area contributed by atoms with E-state index in [1.807, 2.05) is 0 Å². The predicted octanol–water partition coefficient (Wildman–Crippen LogP) is 16.0. The van der Waals surface area contributed by atoms with Crippen molar-refractivity contribution in [1.82, 2.24) is 4.57 Å². The molecule has 0 N–H and O–H groups in total. The van der Waals surface area contributed by atoms with Crippen molar-refractivity contribution < 1.29 is 0 Å². The third-order valence-corrected chi connectivity index (χ3v) is 14.0. The van der Waals surface area contributed by atoms with Crippen LogP contribution >= 0.6 is 0 Å². The van der Waals surface area contributed by atoms with E-state index in [4.69, 9.17) is 0 Å². The van der Waals surface area contributed by atoms with Crippen molar-refractivity contribution in [1.29, 1.82) is 0 Å². The van der Waals surface area contributed by atoms with Crippen LogP contribution in [0, 0.1) is 0 Å². The van der Waals surface area contributed by atoms with Crippen molar-refractivity contribution >= 4 is 49.6 Å². The van der Waals surface area contributed by atoms with Gasteiger partial charge in [-0.15, -0.1) is 0 Å². The molecule has 11 aromatic rings. The summed E-state index contributed by atoms with van der Waals surface area (Å²) in [6.07, 6.45) is 0.942. The summed E-state index contributed by atoms with van der Waals surface area (Å²) >= 11 is 0. The summed E-state index contributed by atoms with van der Waals surface area (Å²) in [5.41, 5.74) is 20.9. The number of nitrogens with zero attached hydrogens (tertiary/aromatic N) is 2. The van der Waals surface area contributed by atoms with E-state index in [2.05, 4.69) is 241 Å². The zero-order chi connectivity index (χ0) is 41.6. The van der Waals surface area contributed by atoms with E-state index in [9.17, 15) is 0 Å². The molecule has 1 unspecified atom stereocenters. The second-order valence-electron chi connectivity index (χ2n) is 17.1. The van der Waals surface area contributed by atoms with Crippen LogP contribution in [-0.4, -0.2) is 4.57 Å². The summed E-state index contributed by atoms with van der Waals surface area (Å²) in [5, 5.41) is 5.12. The molecule has 1 aromatic heterocycles. The van der Waals surface area contributed by atoms with Gasteiger partial charge in [0.05, 0.1) is 16.4 Å². The van der Waals surface area contributed by atoms with Gasteiger partial charge in [0.25, 0.3) is 0 Å². The molecule has 0 saturated carbocycles. The molecule has 0 radical (unpaired) electrons. The Labute approximate surface area is 367 Å². The summed E-state index contributed by atoms with van der Waals surface area (Å²) in [7, 11) is 0. The highest BCUT2D eigenvalue weighted by Gasteiger charge is 2.51. The van der Waals surface area contributed by atoms with Crippen molar-refractivity contribution in [2.75, 3.05) is 4.90 Å². The summed E-state index contributed by atoms with van der Waals surface area (Å²) in [4.78, 5) is 2.48. The number of benzene rings is 10. The van der Waals surface area contributed by atoms with Gasteiger partial charge in [0.15, 0.2) is 0 Å². The average Bonchev–Trinajstić information content (AvgIpc) is 3.84. The number of hydrogen-bond acceptors (Lipinski definition) is 1. The van der Waals surface area contributed by atoms with E-state index in [-0.39, 0.29) is 0 Å². The summed E-state index contributed by atoms with van der Waals surface area (Å²) in [5.74, 6) is 0. The summed E-state index contributed by atoms with van der Waals surface area (Å²) in [6.45, 7) is 2.32. The largest absolute Gasteiger partial charge is 0.310 e. The van der Waals surface area contributed by atoms with Crippen LogP contribution in [0.4, 0.5) is 17.1 Å². The number of aryl methyl sites for hydroxylation is 1. The smallest absolute Gasteiger partial charge is 0.0729 e. The summed E-state index contributed by atoms with van der Waals surface area (Å²) < 4.78 is 2.40. The third kappa shape index (κ3) is 5.07. The molecular formula is C61H42N2. The minimum absolute atomic E-state index is 0.520. The van der Waals surface area contributed by atoms with Gasteiger partial charge in [0.2, 0.25) is 0 Å². The molecule has 1 spiro atoms. The predicted molar refractivity (Wildman–Crippen MR) is 264 cm³/mol. The van der Waals surface area contributed by atoms with Crippen molar-refractivity contribution in [3.8, 4) is 39.1 Å². The Morgan fingerprint density at radius 1 is 0.413 bits per heavy atom. The van der Waals surface area contributed by atoms with Gasteiger partial charge in [-0.3, -0.25) is 0 Å². The Morgan fingerprint density at radius 3 is 1.78 bits per heavy atom. The zero-order valence-electron chi connectivity index (χ0n) is 35.0. The molecule has 2 aliphatic rings. The topological polar surface area (TPSA) is 8.17 Å². The van der Waals surface area contributed by atoms with Crippen LogP contribution in [0.25, 0.3) is 71.6 Å². The highest BCUT2D eigenvalue weighted by Crippen LogP contribution is 2.63. The molecule has 0 fully saturated rings. The lowest BCUT2D eigenvalue weighted by molar-refractivity contribution is 0.759. The van der Waals surface area contributed by atoms with Gasteiger partial charge in [-0.1, -0.05) is 171 Å². The molecule has 13 rings (SSSR count). The fourth-order valence-electron chi connectivity index (χ4n) is 11.4. The highest BCUT2D eigenvalue weighted by atomic mass is 15.1. The minimum atomic E-state index is -0.520. The third-order valence-electron chi connectivity index (χ3n) is 14.0. The van der Waals surface area contributed by atoms with Gasteiger partial charge in [-0.2, -0.15) is 0 Å². The van der Waals surface area contributed by atoms with Crippen molar-refractivity contribution in [2.45, 2.75) is 18.8 Å². The van der Waals surface area contributed by atoms with Gasteiger partial charge >= 0.3 is 0 Å². The molecule has 296 valence electrons. The fourth-order valence-corrected chi connectivity index (χ4v) is 11.4. The first-order valence-corrected chi connectivity index (χ1v) is 22.2. The van der Waals surface area contributed by atoms with Crippen LogP contribution in [-0.2, 0) is 11.8 Å². The first-order chi connectivity index (χ1) is 31.2. The Kier molecular flexibility index (Phi) is 7.83. The van der Waals surface area contributed by atoms with Crippen LogP contribution in [0.3, 0.4) is 0 Å². The first-order valence-electron chi connectivity index (χ1n) is 22.2. The van der Waals surface area contributed by atoms with Crippen LogP contribution in [0.2, 0.25) is 0 Å². The fraction of sp³-hybridized carbons (Fsp3) is 0.0492. The monoisotopic (exact) mass is 802 g/mol. The standard InChI is InChI=1S/C61H42N2/c1-2-40-28-29-43-18-15-24-52-49-22-10-13-26-55(49)61(60(40)59(43)52)54-25-12-9-21-48(54)50-36-34-47(39-56(50)61)62(45-32-30-42(31-33-45)41-16-5-3-6-17-41)46-35-37-58-53(38-46)51-23-11-14-27-57(51)63(58)44-19-7-4-8-20-44/h3-39H,2H2,1H3. The molecule has 1 heterocycles. The maximum absolute atomic E-state index is 2.53. The van der Waals surface area contributed by atoms with Gasteiger partial charge < -0.3 is 9.47 Å². The zero-order valence-corrected chi connectivity index (χ0v) is 35.0. The quantitative estimate of drug-likeness (QED) is 0.163. The van der Waals surface area contributed by atoms with Gasteiger partial charge in [-0.25, -0.2) is 0 Å². The molecule has 0 saturated heterocycles. The van der Waals surface area contributed by atoms with E-state index >= 15 is 0 Å². The molecule has 1 atom stereocenters. The Bertz CT molecular complexity index is 3600. The van der Waals surface area contributed by atoms with Crippen LogP contribution in [0.1, 0.15) is 34.7 Å². The van der Waals surface area contributed by atoms with Crippen molar-refractivity contribution in [3.63, 3.8) is 0 Å². The van der Waals surface area contributed by atoms with Gasteiger partial charge in [-0.05, 0) is 139 Å². The lowest BCUT2D eigenvalue weighted by Gasteiger charge is -2.41. The van der Waals surface area contributed by atoms with Crippen LogP contribution in [0.5, 0.6) is 0 Å². The van der Waals surface area contributed by atoms with Crippen LogP contribution < -0.4 is 4.90 Å². The van der Waals surface area contributed by atoms with Crippen molar-refractivity contribution in [3.05, 3.63) is 252 Å². The Balaban J connectivity index is 1.10. The summed E-state index contributed by atoms with van der Waals surface area (Å²) in [6, 6.07) is 83.6. The van der Waals surface area contributed by atoms with E-state index in [0.29, 0.717) is 0 Å². The molecule has 10 aromatic carbocycles. The van der Waals surface area contributed by atoms with Gasteiger partial charge in [0, 0.05) is 33.5 Å². The molecule has 0 amide bonds. The molecule has 2 aliphatic carbocycles. The van der Waals surface area contributed by atoms with E-state index in [0.717, 1.165) is 29.2 Å². The number of anilines is 3. The number of para-hydroxylation sites is 2. The first kappa shape index (κ1) is 35.8. The lowest BCUT2D eigenvalue weighted by atomic mass is 9.60. The van der Waals surface area contributed by atoms with Gasteiger partial charge in [0.1, 0.15) is 0 Å². The maximum Gasteiger partial charge on any atom is 0.0729 e. The number of aromatic nitrogens is 1. The highest BCUT2D eigenvalue weighted by molar-refractivity contribution is 6.11. The molecule has 0 aliphatic heterocycles. The van der Waals surface area contributed by atoms with Crippen molar-refractivity contribution in [2.24, 2.45) is 0 Å². The maximum atomic E-state index is 2.53.